The summed E-state index contributed by atoms with van der Waals surface area (Å²) in [5.74, 6) is -1.16. The van der Waals surface area contributed by atoms with E-state index in [2.05, 4.69) is 10.0 Å². The molecule has 0 fully saturated rings. The number of hydrogen-bond donors (Lipinski definition) is 2. The van der Waals surface area contributed by atoms with Crippen molar-refractivity contribution in [3.63, 3.8) is 0 Å². The summed E-state index contributed by atoms with van der Waals surface area (Å²) in [6.07, 6.45) is 0. The van der Waals surface area contributed by atoms with E-state index in [0.29, 0.717) is 24.3 Å². The quantitative estimate of drug-likeness (QED) is 0.561. The molecule has 2 rings (SSSR count). The topological polar surface area (TPSA) is 98.8 Å². The minimum absolute atomic E-state index is 0.0246. The molecule has 0 saturated carbocycles. The SMILES string of the molecule is CC(=O)Nc1ccc(S(=O)(=O)N[C@@H](C)C(=O)N(CCN(C)C)Cc2ccccc2F)cc1. The number of sulfonamides is 1. The Kier molecular flexibility index (Phi) is 8.88. The second kappa shape index (κ2) is 11.2. The first-order valence-electron chi connectivity index (χ1n) is 10.1. The van der Waals surface area contributed by atoms with E-state index in [1.54, 1.807) is 18.2 Å². The average molecular weight is 465 g/mol. The standard InChI is InChI=1S/C22H29FN4O4S/c1-16(25-32(30,31)20-11-9-19(10-12-20)24-17(2)28)22(29)27(14-13-26(3)4)15-18-7-5-6-8-21(18)23/h5-12,16,25H,13-15H2,1-4H3,(H,24,28)/t16-/m0/s1. The molecule has 8 nitrogen and oxygen atoms in total. The zero-order chi connectivity index (χ0) is 23.9. The summed E-state index contributed by atoms with van der Waals surface area (Å²) >= 11 is 0. The highest BCUT2D eigenvalue weighted by Gasteiger charge is 2.26. The van der Waals surface area contributed by atoms with E-state index < -0.39 is 27.8 Å². The highest BCUT2D eigenvalue weighted by atomic mass is 32.2. The molecular formula is C22H29FN4O4S. The van der Waals surface area contributed by atoms with E-state index in [-0.39, 0.29) is 17.3 Å². The predicted octanol–water partition coefficient (Wildman–Crippen LogP) is 2.04. The number of benzene rings is 2. The third kappa shape index (κ3) is 7.40. The summed E-state index contributed by atoms with van der Waals surface area (Å²) in [6, 6.07) is 10.7. The molecule has 2 aromatic carbocycles. The summed E-state index contributed by atoms with van der Waals surface area (Å²) < 4.78 is 42.0. The number of nitrogens with one attached hydrogen (secondary N) is 2. The first-order valence-corrected chi connectivity index (χ1v) is 11.5. The third-order valence-electron chi connectivity index (χ3n) is 4.64. The number of amides is 2. The van der Waals surface area contributed by atoms with E-state index in [4.69, 9.17) is 0 Å². The molecule has 0 aliphatic heterocycles. The molecule has 0 aromatic heterocycles. The Labute approximate surface area is 188 Å². The Morgan fingerprint density at radius 1 is 1.03 bits per heavy atom. The molecule has 0 unspecified atom stereocenters. The molecule has 32 heavy (non-hydrogen) atoms. The van der Waals surface area contributed by atoms with Crippen LogP contribution < -0.4 is 10.0 Å². The second-order valence-corrected chi connectivity index (χ2v) is 9.42. The van der Waals surface area contributed by atoms with Crippen LogP contribution in [-0.4, -0.2) is 63.3 Å². The molecule has 2 N–H and O–H groups in total. The highest BCUT2D eigenvalue weighted by molar-refractivity contribution is 7.89. The van der Waals surface area contributed by atoms with Crippen LogP contribution in [-0.2, 0) is 26.2 Å². The van der Waals surface area contributed by atoms with Crippen LogP contribution in [0.15, 0.2) is 53.4 Å². The number of carbonyl (C=O) groups excluding carboxylic acids is 2. The van der Waals surface area contributed by atoms with Gasteiger partial charge in [-0.15, -0.1) is 0 Å². The third-order valence-corrected chi connectivity index (χ3v) is 6.19. The van der Waals surface area contributed by atoms with Gasteiger partial charge < -0.3 is 15.1 Å². The van der Waals surface area contributed by atoms with Crippen molar-refractivity contribution in [2.24, 2.45) is 0 Å². The number of likely N-dealkylation sites (N-methyl/N-ethyl adjacent to an activating group) is 1. The molecule has 2 aromatic rings. The second-order valence-electron chi connectivity index (χ2n) is 7.70. The largest absolute Gasteiger partial charge is 0.336 e. The van der Waals surface area contributed by atoms with Gasteiger partial charge in [0.25, 0.3) is 0 Å². The minimum Gasteiger partial charge on any atom is -0.336 e. The van der Waals surface area contributed by atoms with Gasteiger partial charge in [0.1, 0.15) is 5.82 Å². The van der Waals surface area contributed by atoms with E-state index in [1.165, 1.54) is 49.1 Å². The van der Waals surface area contributed by atoms with Crippen molar-refractivity contribution in [3.8, 4) is 0 Å². The molecule has 2 amide bonds. The average Bonchev–Trinajstić information content (AvgIpc) is 2.71. The lowest BCUT2D eigenvalue weighted by Crippen LogP contribution is -2.48. The molecule has 0 spiro atoms. The minimum atomic E-state index is -3.99. The van der Waals surface area contributed by atoms with Crippen molar-refractivity contribution >= 4 is 27.5 Å². The zero-order valence-electron chi connectivity index (χ0n) is 18.6. The fourth-order valence-corrected chi connectivity index (χ4v) is 4.16. The number of nitrogens with zero attached hydrogens (tertiary/aromatic N) is 2. The molecule has 0 saturated heterocycles. The predicted molar refractivity (Wildman–Crippen MR) is 121 cm³/mol. The van der Waals surface area contributed by atoms with Gasteiger partial charge in [-0.3, -0.25) is 9.59 Å². The summed E-state index contributed by atoms with van der Waals surface area (Å²) in [7, 11) is -0.291. The Hall–Kier alpha value is -2.82. The van der Waals surface area contributed by atoms with E-state index in [0.717, 1.165) is 0 Å². The monoisotopic (exact) mass is 464 g/mol. The van der Waals surface area contributed by atoms with Crippen LogP contribution in [0.1, 0.15) is 19.4 Å². The maximum absolute atomic E-state index is 14.1. The van der Waals surface area contributed by atoms with Gasteiger partial charge in [0.05, 0.1) is 10.9 Å². The summed E-state index contributed by atoms with van der Waals surface area (Å²) in [6.45, 7) is 3.66. The highest BCUT2D eigenvalue weighted by Crippen LogP contribution is 2.16. The van der Waals surface area contributed by atoms with Gasteiger partial charge in [-0.05, 0) is 51.4 Å². The molecule has 0 bridgehead atoms. The summed E-state index contributed by atoms with van der Waals surface area (Å²) in [4.78, 5) is 27.5. The molecule has 174 valence electrons. The Morgan fingerprint density at radius 3 is 2.22 bits per heavy atom. The van der Waals surface area contributed by atoms with Gasteiger partial charge in [-0.25, -0.2) is 12.8 Å². The van der Waals surface area contributed by atoms with Crippen LogP contribution in [0.3, 0.4) is 0 Å². The molecule has 0 aliphatic rings. The normalized spacial score (nSPS) is 12.4. The molecule has 0 radical (unpaired) electrons. The van der Waals surface area contributed by atoms with Crippen LogP contribution in [0.5, 0.6) is 0 Å². The summed E-state index contributed by atoms with van der Waals surface area (Å²) in [5.41, 5.74) is 0.809. The van der Waals surface area contributed by atoms with Crippen molar-refractivity contribution in [3.05, 3.63) is 59.9 Å². The lowest BCUT2D eigenvalue weighted by atomic mass is 10.2. The number of hydrogen-bond acceptors (Lipinski definition) is 5. The van der Waals surface area contributed by atoms with Crippen molar-refractivity contribution in [1.82, 2.24) is 14.5 Å². The van der Waals surface area contributed by atoms with E-state index in [1.807, 2.05) is 19.0 Å². The maximum Gasteiger partial charge on any atom is 0.241 e. The number of rotatable bonds is 10. The van der Waals surface area contributed by atoms with Gasteiger partial charge in [0.15, 0.2) is 0 Å². The Bertz CT molecular complexity index is 1040. The van der Waals surface area contributed by atoms with Crippen LogP contribution in [0, 0.1) is 5.82 Å². The maximum atomic E-state index is 14.1. The summed E-state index contributed by atoms with van der Waals surface area (Å²) in [5, 5.41) is 2.56. The van der Waals surface area contributed by atoms with Crippen LogP contribution in [0.4, 0.5) is 10.1 Å². The fourth-order valence-electron chi connectivity index (χ4n) is 2.97. The Morgan fingerprint density at radius 2 is 1.66 bits per heavy atom. The van der Waals surface area contributed by atoms with Gasteiger partial charge in [-0.1, -0.05) is 18.2 Å². The smallest absolute Gasteiger partial charge is 0.241 e. The molecule has 0 aliphatic carbocycles. The number of halogens is 1. The van der Waals surface area contributed by atoms with Gasteiger partial charge in [-0.2, -0.15) is 4.72 Å². The number of anilines is 1. The number of carbonyl (C=O) groups is 2. The molecular weight excluding hydrogens is 435 g/mol. The van der Waals surface area contributed by atoms with Crippen LogP contribution in [0.2, 0.25) is 0 Å². The lowest BCUT2D eigenvalue weighted by Gasteiger charge is -2.27. The zero-order valence-corrected chi connectivity index (χ0v) is 19.4. The van der Waals surface area contributed by atoms with E-state index >= 15 is 0 Å². The fraction of sp³-hybridized carbons (Fsp3) is 0.364. The van der Waals surface area contributed by atoms with Crippen molar-refractivity contribution < 1.29 is 22.4 Å². The van der Waals surface area contributed by atoms with Crippen molar-refractivity contribution in [2.75, 3.05) is 32.5 Å². The van der Waals surface area contributed by atoms with E-state index in [9.17, 15) is 22.4 Å². The Balaban J connectivity index is 2.16. The van der Waals surface area contributed by atoms with Crippen LogP contribution in [0.25, 0.3) is 0 Å². The molecule has 1 atom stereocenters. The van der Waals surface area contributed by atoms with Crippen molar-refractivity contribution in [2.45, 2.75) is 31.3 Å². The van der Waals surface area contributed by atoms with Gasteiger partial charge in [0, 0.05) is 37.8 Å². The lowest BCUT2D eigenvalue weighted by molar-refractivity contribution is -0.133. The van der Waals surface area contributed by atoms with Crippen molar-refractivity contribution in [1.29, 1.82) is 0 Å². The first kappa shape index (κ1) is 25.4. The molecule has 0 heterocycles. The van der Waals surface area contributed by atoms with Gasteiger partial charge >= 0.3 is 0 Å². The van der Waals surface area contributed by atoms with Crippen LogP contribution >= 0.6 is 0 Å². The molecule has 10 heteroatoms. The first-order chi connectivity index (χ1) is 15.0. The van der Waals surface area contributed by atoms with Gasteiger partial charge in [0.2, 0.25) is 21.8 Å².